The lowest BCUT2D eigenvalue weighted by atomic mass is 10.0. The molecule has 0 unspecified atom stereocenters. The highest BCUT2D eigenvalue weighted by Crippen LogP contribution is 2.08. The van der Waals surface area contributed by atoms with Crippen molar-refractivity contribution in [2.24, 2.45) is 0 Å². The molecule has 0 radical (unpaired) electrons. The monoisotopic (exact) mass is 184 g/mol. The van der Waals surface area contributed by atoms with Crippen LogP contribution >= 0.6 is 0 Å². The Morgan fingerprint density at radius 3 is 2.54 bits per heavy atom. The summed E-state index contributed by atoms with van der Waals surface area (Å²) in [6.45, 7) is 4.10. The van der Waals surface area contributed by atoms with Gasteiger partial charge in [-0.05, 0) is 0 Å². The van der Waals surface area contributed by atoms with Crippen LogP contribution in [0.5, 0.6) is 0 Å². The van der Waals surface area contributed by atoms with Gasteiger partial charge in [-0.15, -0.1) is 0 Å². The van der Waals surface area contributed by atoms with Crippen molar-refractivity contribution in [2.45, 2.75) is 32.2 Å². The minimum Gasteiger partial charge on any atom is -0.468 e. The van der Waals surface area contributed by atoms with Crippen molar-refractivity contribution in [3.8, 4) is 0 Å². The van der Waals surface area contributed by atoms with Gasteiger partial charge in [-0.1, -0.05) is 6.92 Å². The van der Waals surface area contributed by atoms with E-state index in [-0.39, 0.29) is 5.91 Å². The maximum Gasteiger partial charge on any atom is 0.222 e. The molecule has 1 saturated heterocycles. The fourth-order valence-corrected chi connectivity index (χ4v) is 1.85. The molecule has 0 aromatic carbocycles. The molecule has 1 aliphatic heterocycles. The van der Waals surface area contributed by atoms with Crippen LogP contribution in [0.1, 0.15) is 26.2 Å². The van der Waals surface area contributed by atoms with Crippen molar-refractivity contribution in [2.75, 3.05) is 20.1 Å². The van der Waals surface area contributed by atoms with Gasteiger partial charge in [-0.2, -0.15) is 7.05 Å². The third-order valence-corrected chi connectivity index (χ3v) is 2.91. The molecule has 3 nitrogen and oxygen atoms in total. The van der Waals surface area contributed by atoms with Crippen molar-refractivity contribution < 1.29 is 9.69 Å². The molecular formula is C10H20N2O. The molecule has 1 aliphatic rings. The zero-order valence-corrected chi connectivity index (χ0v) is 8.68. The predicted molar refractivity (Wildman–Crippen MR) is 52.1 cm³/mol. The molecule has 0 bridgehead atoms. The molecule has 0 atom stereocenters. The van der Waals surface area contributed by atoms with Gasteiger partial charge in [0, 0.05) is 32.4 Å². The maximum absolute atomic E-state index is 11.4. The van der Waals surface area contributed by atoms with E-state index in [1.807, 2.05) is 18.9 Å². The van der Waals surface area contributed by atoms with Crippen molar-refractivity contribution in [3.05, 3.63) is 7.05 Å². The maximum atomic E-state index is 11.4. The fourth-order valence-electron chi connectivity index (χ4n) is 1.85. The lowest BCUT2D eigenvalue weighted by molar-refractivity contribution is -0.859. The lowest BCUT2D eigenvalue weighted by Crippen LogP contribution is -3.08. The highest BCUT2D eigenvalue weighted by Gasteiger charge is 2.23. The first kappa shape index (κ1) is 10.5. The molecule has 13 heavy (non-hydrogen) atoms. The summed E-state index contributed by atoms with van der Waals surface area (Å²) in [4.78, 5) is 14.6. The van der Waals surface area contributed by atoms with Crippen LogP contribution in [0, 0.1) is 7.05 Å². The quantitative estimate of drug-likeness (QED) is 0.585. The zero-order chi connectivity index (χ0) is 9.84. The highest BCUT2D eigenvalue weighted by atomic mass is 16.2. The van der Waals surface area contributed by atoms with Crippen LogP contribution in [0.2, 0.25) is 0 Å². The van der Waals surface area contributed by atoms with Crippen LogP contribution in [-0.2, 0) is 4.79 Å². The summed E-state index contributed by atoms with van der Waals surface area (Å²) in [5.41, 5.74) is 0. The minimum absolute atomic E-state index is 0.262. The Morgan fingerprint density at radius 2 is 2.08 bits per heavy atom. The molecule has 0 spiro atoms. The van der Waals surface area contributed by atoms with Crippen molar-refractivity contribution in [3.63, 3.8) is 0 Å². The molecule has 1 N–H and O–H groups in total. The summed E-state index contributed by atoms with van der Waals surface area (Å²) in [7, 11) is 5.89. The second-order valence-electron chi connectivity index (χ2n) is 3.84. The molecule has 1 heterocycles. The van der Waals surface area contributed by atoms with E-state index in [9.17, 15) is 4.79 Å². The van der Waals surface area contributed by atoms with Gasteiger partial charge in [0.05, 0.1) is 13.1 Å². The van der Waals surface area contributed by atoms with Crippen LogP contribution < -0.4 is 4.90 Å². The van der Waals surface area contributed by atoms with Crippen LogP contribution in [0.25, 0.3) is 0 Å². The van der Waals surface area contributed by atoms with E-state index in [1.165, 1.54) is 4.90 Å². The van der Waals surface area contributed by atoms with Crippen molar-refractivity contribution in [1.29, 1.82) is 0 Å². The number of hydrogen-bond donors (Lipinski definition) is 1. The summed E-state index contributed by atoms with van der Waals surface area (Å²) in [6.07, 6.45) is 2.82. The minimum atomic E-state index is 0.262. The van der Waals surface area contributed by atoms with Gasteiger partial charge in [0.2, 0.25) is 5.91 Å². The number of rotatable bonds is 2. The Balaban J connectivity index is 2.39. The normalized spacial score (nSPS) is 28.5. The van der Waals surface area contributed by atoms with Gasteiger partial charge in [-0.3, -0.25) is 4.79 Å². The van der Waals surface area contributed by atoms with Gasteiger partial charge in [0.15, 0.2) is 0 Å². The van der Waals surface area contributed by atoms with Crippen LogP contribution in [0.15, 0.2) is 0 Å². The van der Waals surface area contributed by atoms with E-state index >= 15 is 0 Å². The third kappa shape index (κ3) is 2.69. The number of nitrogens with one attached hydrogen (secondary N) is 1. The van der Waals surface area contributed by atoms with E-state index in [0.717, 1.165) is 25.9 Å². The Labute approximate surface area is 80.7 Å². The molecule has 0 saturated carbocycles. The Hall–Kier alpha value is -0.570. The molecule has 1 fully saturated rings. The Kier molecular flexibility index (Phi) is 3.72. The van der Waals surface area contributed by atoms with Crippen molar-refractivity contribution in [1.82, 2.24) is 4.90 Å². The van der Waals surface area contributed by atoms with E-state index in [2.05, 4.69) is 7.05 Å². The van der Waals surface area contributed by atoms with E-state index in [0.29, 0.717) is 12.5 Å². The summed E-state index contributed by atoms with van der Waals surface area (Å²) in [5.74, 6) is 0.262. The summed E-state index contributed by atoms with van der Waals surface area (Å²) in [6, 6.07) is 0.456. The number of likely N-dealkylation sites (tertiary alicyclic amines) is 1. The largest absolute Gasteiger partial charge is 0.468 e. The average Bonchev–Trinajstić information content (AvgIpc) is 2.17. The van der Waals surface area contributed by atoms with Gasteiger partial charge in [0.25, 0.3) is 0 Å². The number of quaternary nitrogens is 1. The Morgan fingerprint density at radius 1 is 1.54 bits per heavy atom. The molecule has 0 aromatic rings. The summed E-state index contributed by atoms with van der Waals surface area (Å²) < 4.78 is 0. The fraction of sp³-hybridized carbons (Fsp3) is 0.800. The second-order valence-corrected chi connectivity index (χ2v) is 3.84. The van der Waals surface area contributed by atoms with E-state index in [1.54, 1.807) is 0 Å². The molecular weight excluding hydrogens is 164 g/mol. The van der Waals surface area contributed by atoms with Crippen molar-refractivity contribution >= 4 is 5.91 Å². The Bertz CT molecular complexity index is 174. The smallest absolute Gasteiger partial charge is 0.222 e. The molecule has 1 rings (SSSR count). The zero-order valence-electron chi connectivity index (χ0n) is 8.68. The summed E-state index contributed by atoms with van der Waals surface area (Å²) >= 11 is 0. The standard InChI is InChI=1S/C10H20N2O/c1-4-10(13)12(3)9-5-7-11(2)8-6-9/h9,11H,2,4-8H2,1,3H3. The van der Waals surface area contributed by atoms with Crippen LogP contribution in [-0.4, -0.2) is 37.0 Å². The topological polar surface area (TPSA) is 24.8 Å². The van der Waals surface area contributed by atoms with Gasteiger partial charge in [-0.25, -0.2) is 0 Å². The first-order valence-corrected chi connectivity index (χ1v) is 5.07. The molecule has 76 valence electrons. The third-order valence-electron chi connectivity index (χ3n) is 2.91. The molecule has 0 aromatic heterocycles. The number of piperidine rings is 1. The molecule has 3 heteroatoms. The number of nitrogens with zero attached hydrogens (tertiary/aromatic N) is 1. The first-order chi connectivity index (χ1) is 6.15. The van der Waals surface area contributed by atoms with Gasteiger partial charge >= 0.3 is 0 Å². The highest BCUT2D eigenvalue weighted by molar-refractivity contribution is 5.75. The number of amides is 1. The van der Waals surface area contributed by atoms with E-state index in [4.69, 9.17) is 0 Å². The lowest BCUT2D eigenvalue weighted by Gasteiger charge is -2.36. The summed E-state index contributed by atoms with van der Waals surface area (Å²) in [5, 5.41) is 0. The first-order valence-electron chi connectivity index (χ1n) is 5.07. The second kappa shape index (κ2) is 4.61. The SMILES string of the molecule is [CH2-][NH+]1CCC(N(C)C(=O)CC)CC1. The van der Waals surface area contributed by atoms with Gasteiger partial charge < -0.3 is 9.80 Å². The average molecular weight is 184 g/mol. The predicted octanol–water partition coefficient (Wildman–Crippen LogP) is -0.306. The number of carbonyl (C=O) groups is 1. The number of carbonyl (C=O) groups excluding carboxylic acids is 1. The number of hydrogen-bond acceptors (Lipinski definition) is 1. The van der Waals surface area contributed by atoms with E-state index < -0.39 is 0 Å². The molecule has 1 amide bonds. The van der Waals surface area contributed by atoms with Crippen LogP contribution in [0.3, 0.4) is 0 Å². The molecule has 0 aliphatic carbocycles. The van der Waals surface area contributed by atoms with Gasteiger partial charge in [0.1, 0.15) is 0 Å². The van der Waals surface area contributed by atoms with Crippen LogP contribution in [0.4, 0.5) is 0 Å².